The summed E-state index contributed by atoms with van der Waals surface area (Å²) in [4.78, 5) is 14.0. The van der Waals surface area contributed by atoms with Crippen LogP contribution >= 0.6 is 0 Å². The Morgan fingerprint density at radius 3 is 2.12 bits per heavy atom. The summed E-state index contributed by atoms with van der Waals surface area (Å²) in [5.41, 5.74) is 14.6. The third-order valence-corrected chi connectivity index (χ3v) is 8.52. The molecule has 8 rings (SSSR count). The van der Waals surface area contributed by atoms with Gasteiger partial charge in [-0.15, -0.1) is 54.1 Å². The second-order valence-corrected chi connectivity index (χ2v) is 12.2. The number of pyridine rings is 3. The van der Waals surface area contributed by atoms with E-state index in [9.17, 15) is 0 Å². The molecule has 0 spiro atoms. The molecule has 0 saturated heterocycles. The number of furan rings is 1. The topological polar surface area (TPSA) is 51.8 Å². The van der Waals surface area contributed by atoms with E-state index in [0.29, 0.717) is 5.71 Å². The number of benzene rings is 4. The fraction of sp³-hybridized carbons (Fsp3) is 0.114. The van der Waals surface area contributed by atoms with Crippen LogP contribution in [0.2, 0.25) is 0 Å². The molecule has 49 heavy (non-hydrogen) atoms. The largest absolute Gasteiger partial charge is 0.486 e. The fourth-order valence-corrected chi connectivity index (χ4v) is 6.02. The summed E-state index contributed by atoms with van der Waals surface area (Å²) in [7, 11) is 0. The van der Waals surface area contributed by atoms with Crippen molar-refractivity contribution in [1.29, 1.82) is 0 Å². The van der Waals surface area contributed by atoms with Gasteiger partial charge in [0.15, 0.2) is 0 Å². The Labute approximate surface area is 301 Å². The number of fused-ring (bicyclic) bond motifs is 3. The van der Waals surface area contributed by atoms with Crippen LogP contribution < -0.4 is 0 Å². The summed E-state index contributed by atoms with van der Waals surface area (Å²) in [5, 5.41) is 2.04. The third kappa shape index (κ3) is 7.44. The minimum Gasteiger partial charge on any atom is -0.486 e. The first-order valence-electron chi connectivity index (χ1n) is 16.1. The van der Waals surface area contributed by atoms with Crippen LogP contribution in [0, 0.1) is 39.8 Å². The molecule has 0 bridgehead atoms. The van der Waals surface area contributed by atoms with Gasteiger partial charge in [-0.1, -0.05) is 83.2 Å². The van der Waals surface area contributed by atoms with Crippen molar-refractivity contribution in [3.05, 3.63) is 173 Å². The van der Waals surface area contributed by atoms with Crippen molar-refractivity contribution in [2.75, 3.05) is 0 Å². The molecule has 243 valence electrons. The van der Waals surface area contributed by atoms with Crippen molar-refractivity contribution in [2.24, 2.45) is 0 Å². The molecule has 4 aromatic carbocycles. The van der Waals surface area contributed by atoms with Gasteiger partial charge in [0.2, 0.25) is 5.71 Å². The average molecular weight is 814 g/mol. The first-order valence-corrected chi connectivity index (χ1v) is 16.1. The predicted octanol–water partition coefficient (Wildman–Crippen LogP) is 10.9. The summed E-state index contributed by atoms with van der Waals surface area (Å²) < 4.78 is 6.32. The van der Waals surface area contributed by atoms with Gasteiger partial charge in [0.1, 0.15) is 0 Å². The molecule has 4 nitrogen and oxygen atoms in total. The van der Waals surface area contributed by atoms with E-state index in [-0.39, 0.29) is 20.1 Å². The molecule has 5 heteroatoms. The third-order valence-electron chi connectivity index (χ3n) is 8.52. The van der Waals surface area contributed by atoms with Crippen LogP contribution in [0.15, 0.2) is 132 Å². The number of aryl methyl sites for hydroxylation is 4. The molecule has 4 aromatic heterocycles. The summed E-state index contributed by atoms with van der Waals surface area (Å²) in [6, 6.07) is 45.7. The van der Waals surface area contributed by atoms with Crippen molar-refractivity contribution < 1.29 is 24.5 Å². The van der Waals surface area contributed by atoms with E-state index in [0.717, 1.165) is 56.5 Å². The molecule has 1 radical (unpaired) electrons. The number of hydrogen-bond acceptors (Lipinski definition) is 4. The van der Waals surface area contributed by atoms with Crippen LogP contribution in [0.5, 0.6) is 0 Å². The van der Waals surface area contributed by atoms with Crippen molar-refractivity contribution in [3.8, 4) is 33.6 Å². The Morgan fingerprint density at radius 2 is 1.39 bits per heavy atom. The van der Waals surface area contributed by atoms with E-state index in [1.165, 1.54) is 33.4 Å². The van der Waals surface area contributed by atoms with Crippen LogP contribution in [-0.2, 0) is 26.5 Å². The molecule has 0 aliphatic heterocycles. The van der Waals surface area contributed by atoms with E-state index < -0.39 is 0 Å². The second kappa shape index (κ2) is 14.9. The maximum absolute atomic E-state index is 6.32. The van der Waals surface area contributed by atoms with Crippen molar-refractivity contribution in [2.45, 2.75) is 34.1 Å². The second-order valence-electron chi connectivity index (χ2n) is 12.2. The maximum atomic E-state index is 6.32. The minimum absolute atomic E-state index is 0. The zero-order valence-corrected chi connectivity index (χ0v) is 30.3. The molecule has 0 aliphatic rings. The molecular weight excluding hydrogens is 779 g/mol. The fourth-order valence-electron chi connectivity index (χ4n) is 6.02. The van der Waals surface area contributed by atoms with E-state index in [1.807, 2.05) is 67.8 Å². The smallest absolute Gasteiger partial charge is 0.216 e. The van der Waals surface area contributed by atoms with Crippen LogP contribution in [0.1, 0.15) is 33.5 Å². The predicted molar refractivity (Wildman–Crippen MR) is 196 cm³/mol. The van der Waals surface area contributed by atoms with Crippen LogP contribution in [0.3, 0.4) is 0 Å². The SMILES string of the molecule is Cc1ccc(-c2[c-]cccc2)nc1.Cc1ccc(-c2cnc(-c3[c-]ccc4c3oc3nc(Cc5ccccc5)ccc34)cc2C)c(C)c1.[Ir]. The van der Waals surface area contributed by atoms with E-state index in [2.05, 4.69) is 105 Å². The molecule has 0 amide bonds. The Hall–Kier alpha value is -5.22. The van der Waals surface area contributed by atoms with Gasteiger partial charge in [0, 0.05) is 55.6 Å². The van der Waals surface area contributed by atoms with Gasteiger partial charge in [-0.3, -0.25) is 0 Å². The first kappa shape index (κ1) is 33.7. The van der Waals surface area contributed by atoms with Gasteiger partial charge < -0.3 is 14.4 Å². The minimum atomic E-state index is 0. The van der Waals surface area contributed by atoms with Gasteiger partial charge in [-0.25, -0.2) is 4.98 Å². The molecule has 4 heterocycles. The Kier molecular flexibility index (Phi) is 10.2. The Balaban J connectivity index is 0.000000250. The van der Waals surface area contributed by atoms with E-state index in [1.54, 1.807) is 0 Å². The van der Waals surface area contributed by atoms with E-state index in [4.69, 9.17) is 14.4 Å². The van der Waals surface area contributed by atoms with Crippen LogP contribution in [-0.4, -0.2) is 15.0 Å². The van der Waals surface area contributed by atoms with Gasteiger partial charge in [-0.2, -0.15) is 0 Å². The quantitative estimate of drug-likeness (QED) is 0.162. The molecule has 0 N–H and O–H groups in total. The Bertz CT molecular complexity index is 2350. The molecule has 8 aromatic rings. The first-order chi connectivity index (χ1) is 23.4. The molecule has 0 aliphatic carbocycles. The molecule has 0 unspecified atom stereocenters. The number of nitrogens with zero attached hydrogens (tertiary/aromatic N) is 3. The van der Waals surface area contributed by atoms with Crippen LogP contribution in [0.4, 0.5) is 0 Å². The number of aromatic nitrogens is 3. The molecule has 0 fully saturated rings. The summed E-state index contributed by atoms with van der Waals surface area (Å²) >= 11 is 0. The van der Waals surface area contributed by atoms with Crippen LogP contribution in [0.25, 0.3) is 55.7 Å². The summed E-state index contributed by atoms with van der Waals surface area (Å²) in [5.74, 6) is 0. The van der Waals surface area contributed by atoms with Gasteiger partial charge >= 0.3 is 0 Å². The standard InChI is InChI=1S/C32H25N2O.C12H10N.Ir/c1-20-12-14-25(21(2)16-20)29-19-33-30(17-22(29)3)28-11-7-10-26-27-15-13-24(34-32(27)35-31(26)28)18-23-8-5-4-6-9-23;1-10-7-8-12(13-9-10)11-5-3-2-4-6-11;/h4-10,12-17,19H,18H2,1-3H3;2-5,7-9H,1H3;/q2*-1;. The molecule has 0 saturated carbocycles. The monoisotopic (exact) mass is 814 g/mol. The average Bonchev–Trinajstić information content (AvgIpc) is 3.48. The van der Waals surface area contributed by atoms with Gasteiger partial charge in [0.05, 0.1) is 5.58 Å². The normalized spacial score (nSPS) is 10.8. The van der Waals surface area contributed by atoms with Gasteiger partial charge in [0.25, 0.3) is 0 Å². The van der Waals surface area contributed by atoms with Gasteiger partial charge in [-0.05, 0) is 79.0 Å². The maximum Gasteiger partial charge on any atom is 0.216 e. The summed E-state index contributed by atoms with van der Waals surface area (Å²) in [6.45, 7) is 8.44. The van der Waals surface area contributed by atoms with Crippen molar-refractivity contribution >= 4 is 22.1 Å². The van der Waals surface area contributed by atoms with E-state index >= 15 is 0 Å². The molecule has 0 atom stereocenters. The number of rotatable bonds is 5. The number of hydrogen-bond donors (Lipinski definition) is 0. The van der Waals surface area contributed by atoms with Crippen molar-refractivity contribution in [3.63, 3.8) is 0 Å². The zero-order valence-electron chi connectivity index (χ0n) is 27.9. The molecular formula is C44H35IrN3O-2. The summed E-state index contributed by atoms with van der Waals surface area (Å²) in [6.07, 6.45) is 4.61. The Morgan fingerprint density at radius 1 is 0.612 bits per heavy atom. The zero-order chi connectivity index (χ0) is 33.0. The van der Waals surface area contributed by atoms with Crippen molar-refractivity contribution in [1.82, 2.24) is 15.0 Å².